The van der Waals surface area contributed by atoms with Crippen LogP contribution in [-0.2, 0) is 0 Å². The molecule has 0 unspecified atom stereocenters. The zero-order chi connectivity index (χ0) is 16.4. The van der Waals surface area contributed by atoms with E-state index >= 15 is 0 Å². The van der Waals surface area contributed by atoms with Crippen molar-refractivity contribution in [3.63, 3.8) is 0 Å². The van der Waals surface area contributed by atoms with Gasteiger partial charge in [-0.25, -0.2) is 4.39 Å². The smallest absolute Gasteiger partial charge is 0.272 e. The number of hydrogen-bond donors (Lipinski definition) is 2. The highest BCUT2D eigenvalue weighted by atomic mass is 19.1. The van der Waals surface area contributed by atoms with Gasteiger partial charge in [0, 0.05) is 16.6 Å². The van der Waals surface area contributed by atoms with Crippen LogP contribution in [0.4, 0.5) is 10.1 Å². The Morgan fingerprint density at radius 1 is 1.22 bits per heavy atom. The fourth-order valence-electron chi connectivity index (χ4n) is 2.33. The van der Waals surface area contributed by atoms with Crippen molar-refractivity contribution in [2.45, 2.75) is 0 Å². The third-order valence-electron chi connectivity index (χ3n) is 3.44. The lowest BCUT2D eigenvalue weighted by Crippen LogP contribution is -2.12. The van der Waals surface area contributed by atoms with Crippen LogP contribution in [0.25, 0.3) is 10.9 Å². The van der Waals surface area contributed by atoms with Gasteiger partial charge in [-0.1, -0.05) is 0 Å². The van der Waals surface area contributed by atoms with Crippen molar-refractivity contribution in [2.24, 2.45) is 0 Å². The third-order valence-corrected chi connectivity index (χ3v) is 3.44. The van der Waals surface area contributed by atoms with Crippen molar-refractivity contribution in [1.29, 1.82) is 0 Å². The van der Waals surface area contributed by atoms with Gasteiger partial charge in [0.2, 0.25) is 0 Å². The predicted octanol–water partition coefficient (Wildman–Crippen LogP) is 3.38. The normalized spacial score (nSPS) is 10.5. The SMILES string of the molecule is COc1ccc(NC(=O)c2cc3cc(F)ccc3[nH]2)cc1C=O. The van der Waals surface area contributed by atoms with E-state index in [4.69, 9.17) is 4.74 Å². The van der Waals surface area contributed by atoms with Crippen molar-refractivity contribution in [3.05, 3.63) is 59.5 Å². The van der Waals surface area contributed by atoms with Gasteiger partial charge in [-0.05, 0) is 42.5 Å². The quantitative estimate of drug-likeness (QED) is 0.725. The molecule has 0 saturated heterocycles. The van der Waals surface area contributed by atoms with Crippen LogP contribution >= 0.6 is 0 Å². The maximum Gasteiger partial charge on any atom is 0.272 e. The number of halogens is 1. The number of benzene rings is 2. The largest absolute Gasteiger partial charge is 0.496 e. The van der Waals surface area contributed by atoms with Crippen LogP contribution in [0.5, 0.6) is 5.75 Å². The lowest BCUT2D eigenvalue weighted by molar-refractivity contribution is 0.102. The third kappa shape index (κ3) is 2.91. The number of carbonyl (C=O) groups excluding carboxylic acids is 2. The van der Waals surface area contributed by atoms with E-state index in [1.54, 1.807) is 24.3 Å². The van der Waals surface area contributed by atoms with Gasteiger partial charge in [-0.3, -0.25) is 9.59 Å². The molecule has 0 atom stereocenters. The second kappa shape index (κ2) is 5.92. The maximum atomic E-state index is 13.2. The molecule has 0 fully saturated rings. The Morgan fingerprint density at radius 3 is 2.78 bits per heavy atom. The first-order valence-corrected chi connectivity index (χ1v) is 6.83. The summed E-state index contributed by atoms with van der Waals surface area (Å²) in [5, 5.41) is 3.29. The zero-order valence-electron chi connectivity index (χ0n) is 12.2. The standard InChI is InChI=1S/C17H13FN2O3/c1-23-16-5-3-13(7-11(16)9-21)19-17(22)15-8-10-6-12(18)2-4-14(10)20-15/h2-9,20H,1H3,(H,19,22). The molecule has 0 aliphatic rings. The number of amides is 1. The van der Waals surface area contributed by atoms with Gasteiger partial charge in [0.1, 0.15) is 17.3 Å². The average Bonchev–Trinajstić information content (AvgIpc) is 2.97. The first-order chi connectivity index (χ1) is 11.1. The minimum Gasteiger partial charge on any atom is -0.496 e. The van der Waals surface area contributed by atoms with Crippen LogP contribution in [0, 0.1) is 5.82 Å². The molecule has 0 spiro atoms. The van der Waals surface area contributed by atoms with E-state index in [0.29, 0.717) is 39.9 Å². The molecule has 2 N–H and O–H groups in total. The summed E-state index contributed by atoms with van der Waals surface area (Å²) in [6, 6.07) is 10.6. The number of hydrogen-bond acceptors (Lipinski definition) is 3. The highest BCUT2D eigenvalue weighted by Gasteiger charge is 2.11. The van der Waals surface area contributed by atoms with Crippen LogP contribution in [0.2, 0.25) is 0 Å². The molecular formula is C17H13FN2O3. The first-order valence-electron chi connectivity index (χ1n) is 6.83. The number of carbonyl (C=O) groups is 2. The molecule has 6 heteroatoms. The number of ether oxygens (including phenoxy) is 1. The number of rotatable bonds is 4. The van der Waals surface area contributed by atoms with Crippen molar-refractivity contribution < 1.29 is 18.7 Å². The lowest BCUT2D eigenvalue weighted by atomic mass is 10.2. The zero-order valence-corrected chi connectivity index (χ0v) is 12.2. The monoisotopic (exact) mass is 312 g/mol. The van der Waals surface area contributed by atoms with Crippen molar-refractivity contribution in [3.8, 4) is 5.75 Å². The Kier molecular flexibility index (Phi) is 3.80. The molecule has 1 heterocycles. The van der Waals surface area contributed by atoms with Gasteiger partial charge in [-0.2, -0.15) is 0 Å². The molecule has 1 amide bonds. The van der Waals surface area contributed by atoms with Gasteiger partial charge in [0.15, 0.2) is 6.29 Å². The summed E-state index contributed by atoms with van der Waals surface area (Å²) in [6.45, 7) is 0. The molecule has 0 bridgehead atoms. The fraction of sp³-hybridized carbons (Fsp3) is 0.0588. The summed E-state index contributed by atoms with van der Waals surface area (Å²) >= 11 is 0. The first kappa shape index (κ1) is 14.8. The number of aromatic nitrogens is 1. The van der Waals surface area contributed by atoms with Crippen LogP contribution in [0.1, 0.15) is 20.8 Å². The lowest BCUT2D eigenvalue weighted by Gasteiger charge is -2.07. The topological polar surface area (TPSA) is 71.2 Å². The van der Waals surface area contributed by atoms with Crippen LogP contribution < -0.4 is 10.1 Å². The average molecular weight is 312 g/mol. The number of aldehydes is 1. The molecule has 3 aromatic rings. The fourth-order valence-corrected chi connectivity index (χ4v) is 2.33. The Morgan fingerprint density at radius 2 is 2.04 bits per heavy atom. The van der Waals surface area contributed by atoms with E-state index in [0.717, 1.165) is 0 Å². The van der Waals surface area contributed by atoms with Crippen molar-refractivity contribution >= 4 is 28.8 Å². The predicted molar refractivity (Wildman–Crippen MR) is 84.6 cm³/mol. The second-order valence-electron chi connectivity index (χ2n) is 4.94. The number of H-pyrrole nitrogens is 1. The van der Waals surface area contributed by atoms with E-state index in [1.807, 2.05) is 0 Å². The Bertz CT molecular complexity index is 902. The van der Waals surface area contributed by atoms with Crippen molar-refractivity contribution in [2.75, 3.05) is 12.4 Å². The molecule has 0 radical (unpaired) electrons. The maximum absolute atomic E-state index is 13.2. The van der Waals surface area contributed by atoms with Gasteiger partial charge in [0.05, 0.1) is 12.7 Å². The minimum absolute atomic E-state index is 0.300. The summed E-state index contributed by atoms with van der Waals surface area (Å²) in [5.41, 5.74) is 1.76. The Balaban J connectivity index is 1.86. The highest BCUT2D eigenvalue weighted by molar-refractivity contribution is 6.06. The molecule has 5 nitrogen and oxygen atoms in total. The summed E-state index contributed by atoms with van der Waals surface area (Å²) in [7, 11) is 1.46. The summed E-state index contributed by atoms with van der Waals surface area (Å²) in [6.07, 6.45) is 0.653. The summed E-state index contributed by atoms with van der Waals surface area (Å²) in [5.74, 6) is -0.322. The summed E-state index contributed by atoms with van der Waals surface area (Å²) in [4.78, 5) is 26.2. The molecule has 116 valence electrons. The number of aromatic amines is 1. The molecule has 0 aliphatic carbocycles. The van der Waals surface area contributed by atoms with E-state index in [9.17, 15) is 14.0 Å². The number of anilines is 1. The van der Waals surface area contributed by atoms with E-state index < -0.39 is 0 Å². The molecular weight excluding hydrogens is 299 g/mol. The van der Waals surface area contributed by atoms with E-state index in [2.05, 4.69) is 10.3 Å². The molecule has 2 aromatic carbocycles. The number of fused-ring (bicyclic) bond motifs is 1. The molecule has 23 heavy (non-hydrogen) atoms. The van der Waals surface area contributed by atoms with Gasteiger partial charge in [-0.15, -0.1) is 0 Å². The van der Waals surface area contributed by atoms with E-state index in [-0.39, 0.29) is 11.7 Å². The molecule has 0 saturated carbocycles. The van der Waals surface area contributed by atoms with Crippen LogP contribution in [-0.4, -0.2) is 24.3 Å². The number of methoxy groups -OCH3 is 1. The minimum atomic E-state index is -0.386. The molecule has 1 aromatic heterocycles. The summed E-state index contributed by atoms with van der Waals surface area (Å²) < 4.78 is 18.2. The highest BCUT2D eigenvalue weighted by Crippen LogP contribution is 2.22. The van der Waals surface area contributed by atoms with Crippen LogP contribution in [0.3, 0.4) is 0 Å². The molecule has 3 rings (SSSR count). The second-order valence-corrected chi connectivity index (χ2v) is 4.94. The Labute approximate surface area is 131 Å². The van der Waals surface area contributed by atoms with Gasteiger partial charge >= 0.3 is 0 Å². The van der Waals surface area contributed by atoms with Gasteiger partial charge in [0.25, 0.3) is 5.91 Å². The van der Waals surface area contributed by atoms with E-state index in [1.165, 1.54) is 25.3 Å². The van der Waals surface area contributed by atoms with Crippen molar-refractivity contribution in [1.82, 2.24) is 4.98 Å². The van der Waals surface area contributed by atoms with Crippen LogP contribution in [0.15, 0.2) is 42.5 Å². The van der Waals surface area contributed by atoms with Gasteiger partial charge < -0.3 is 15.0 Å². The Hall–Kier alpha value is -3.15. The number of nitrogens with one attached hydrogen (secondary N) is 2. The molecule has 0 aliphatic heterocycles.